The van der Waals surface area contributed by atoms with Crippen LogP contribution in [0.25, 0.3) is 5.95 Å². The lowest BCUT2D eigenvalue weighted by atomic mass is 9.98. The molecule has 0 N–H and O–H groups in total. The zero-order chi connectivity index (χ0) is 14.2. The van der Waals surface area contributed by atoms with Crippen LogP contribution in [-0.2, 0) is 6.42 Å². The van der Waals surface area contributed by atoms with Gasteiger partial charge in [-0.2, -0.15) is 5.10 Å². The predicted octanol–water partition coefficient (Wildman–Crippen LogP) is 2.88. The summed E-state index contributed by atoms with van der Waals surface area (Å²) in [6, 6.07) is 2.00. The molecule has 2 heterocycles. The first kappa shape index (κ1) is 12.1. The summed E-state index contributed by atoms with van der Waals surface area (Å²) in [4.78, 5) is 9.12. The largest absolute Gasteiger partial charge is 0.251 e. The van der Waals surface area contributed by atoms with Gasteiger partial charge in [0.2, 0.25) is 0 Å². The van der Waals surface area contributed by atoms with E-state index < -0.39 is 0 Å². The van der Waals surface area contributed by atoms with Crippen molar-refractivity contribution in [3.05, 3.63) is 34.4 Å². The molecule has 1 saturated carbocycles. The maximum absolute atomic E-state index is 4.72. The van der Waals surface area contributed by atoms with Gasteiger partial charge in [0.05, 0.1) is 11.4 Å². The van der Waals surface area contributed by atoms with Crippen LogP contribution < -0.4 is 0 Å². The highest BCUT2D eigenvalue weighted by Gasteiger charge is 2.63. The maximum Gasteiger partial charge on any atom is 0.251 e. The number of fused-ring (bicyclic) bond motifs is 3. The monoisotopic (exact) mass is 268 g/mol. The fourth-order valence-electron chi connectivity index (χ4n) is 4.06. The second-order valence-corrected chi connectivity index (χ2v) is 6.92. The second kappa shape index (κ2) is 3.48. The van der Waals surface area contributed by atoms with E-state index in [2.05, 4.69) is 30.7 Å². The Hall–Kier alpha value is -1.71. The summed E-state index contributed by atoms with van der Waals surface area (Å²) in [5, 5.41) is 4.72. The minimum Gasteiger partial charge on any atom is -0.216 e. The first-order valence-corrected chi connectivity index (χ1v) is 7.30. The first-order chi connectivity index (χ1) is 9.39. The highest BCUT2D eigenvalue weighted by atomic mass is 15.4. The lowest BCUT2D eigenvalue weighted by Gasteiger charge is -2.10. The molecule has 0 aromatic carbocycles. The molecule has 0 amide bonds. The van der Waals surface area contributed by atoms with Crippen LogP contribution in [0.15, 0.2) is 6.07 Å². The highest BCUT2D eigenvalue weighted by molar-refractivity contribution is 5.47. The van der Waals surface area contributed by atoms with E-state index in [4.69, 9.17) is 5.10 Å². The third-order valence-corrected chi connectivity index (χ3v) is 5.14. The third kappa shape index (κ3) is 1.39. The highest BCUT2D eigenvalue weighted by Crippen LogP contribution is 2.70. The molecular weight excluding hydrogens is 248 g/mol. The fraction of sp³-hybridized carbons (Fsp3) is 0.562. The summed E-state index contributed by atoms with van der Waals surface area (Å²) >= 11 is 0. The van der Waals surface area contributed by atoms with Gasteiger partial charge in [0.15, 0.2) is 0 Å². The van der Waals surface area contributed by atoms with E-state index in [9.17, 15) is 0 Å². The average molecular weight is 268 g/mol. The van der Waals surface area contributed by atoms with Crippen LogP contribution in [-0.4, -0.2) is 19.7 Å². The van der Waals surface area contributed by atoms with Crippen LogP contribution in [0.3, 0.4) is 0 Å². The van der Waals surface area contributed by atoms with Gasteiger partial charge in [-0.05, 0) is 50.5 Å². The molecule has 2 aromatic heterocycles. The summed E-state index contributed by atoms with van der Waals surface area (Å²) < 4.78 is 1.98. The lowest BCUT2D eigenvalue weighted by Crippen LogP contribution is -2.10. The molecule has 2 atom stereocenters. The number of aryl methyl sites for hydroxylation is 3. The normalized spacial score (nSPS) is 25.4. The van der Waals surface area contributed by atoms with Gasteiger partial charge in [-0.3, -0.25) is 0 Å². The van der Waals surface area contributed by atoms with Gasteiger partial charge in [-0.1, -0.05) is 13.8 Å². The van der Waals surface area contributed by atoms with Gasteiger partial charge in [-0.15, -0.1) is 0 Å². The Morgan fingerprint density at radius 3 is 2.45 bits per heavy atom. The predicted molar refractivity (Wildman–Crippen MR) is 77.1 cm³/mol. The zero-order valence-corrected chi connectivity index (χ0v) is 12.7. The van der Waals surface area contributed by atoms with Gasteiger partial charge in [0.1, 0.15) is 0 Å². The molecule has 4 nitrogen and oxygen atoms in total. The molecule has 4 heteroatoms. The number of hydrogen-bond donors (Lipinski definition) is 0. The molecule has 2 aliphatic carbocycles. The Morgan fingerprint density at radius 2 is 1.80 bits per heavy atom. The van der Waals surface area contributed by atoms with Gasteiger partial charge >= 0.3 is 0 Å². The standard InChI is InChI=1S/C16H20N4/c1-8-6-9(2)18-15(17-8)20-12-7-11-14(16(11,4)5)13(12)10(3)19-20/h6,11,14H,7H2,1-5H3/t11-,14+/m1/s1. The summed E-state index contributed by atoms with van der Waals surface area (Å²) in [7, 11) is 0. The summed E-state index contributed by atoms with van der Waals surface area (Å²) in [5.74, 6) is 2.20. The van der Waals surface area contributed by atoms with Crippen LogP contribution in [0.4, 0.5) is 0 Å². The van der Waals surface area contributed by atoms with Gasteiger partial charge in [0.25, 0.3) is 5.95 Å². The quantitative estimate of drug-likeness (QED) is 0.798. The number of rotatable bonds is 1. The van der Waals surface area contributed by atoms with E-state index in [0.29, 0.717) is 11.3 Å². The summed E-state index contributed by atoms with van der Waals surface area (Å²) in [6.45, 7) is 10.9. The van der Waals surface area contributed by atoms with Crippen molar-refractivity contribution in [1.29, 1.82) is 0 Å². The van der Waals surface area contributed by atoms with E-state index in [0.717, 1.165) is 35.4 Å². The smallest absolute Gasteiger partial charge is 0.216 e. The maximum atomic E-state index is 4.72. The van der Waals surface area contributed by atoms with E-state index in [1.807, 2.05) is 24.6 Å². The van der Waals surface area contributed by atoms with Crippen molar-refractivity contribution in [2.24, 2.45) is 11.3 Å². The molecule has 0 radical (unpaired) electrons. The number of aromatic nitrogens is 4. The van der Waals surface area contributed by atoms with E-state index in [-0.39, 0.29) is 0 Å². The molecule has 2 aromatic rings. The molecule has 104 valence electrons. The van der Waals surface area contributed by atoms with Crippen molar-refractivity contribution in [1.82, 2.24) is 19.7 Å². The second-order valence-electron chi connectivity index (χ2n) is 6.92. The number of nitrogens with zero attached hydrogens (tertiary/aromatic N) is 4. The molecule has 1 fully saturated rings. The summed E-state index contributed by atoms with van der Waals surface area (Å²) in [6.07, 6.45) is 1.12. The Labute approximate surface area is 119 Å². The minimum atomic E-state index is 0.453. The van der Waals surface area contributed by atoms with Gasteiger partial charge in [0, 0.05) is 17.0 Å². The Bertz CT molecular complexity index is 706. The minimum absolute atomic E-state index is 0.453. The van der Waals surface area contributed by atoms with Crippen molar-refractivity contribution in [3.8, 4) is 5.95 Å². The van der Waals surface area contributed by atoms with Crippen molar-refractivity contribution in [2.45, 2.75) is 47.0 Å². The SMILES string of the molecule is Cc1cc(C)nc(-n2nc(C)c3c2C[C@@H]2[C@@H]3C2(C)C)n1. The van der Waals surface area contributed by atoms with E-state index in [1.165, 1.54) is 11.3 Å². The molecule has 4 rings (SSSR count). The molecule has 2 aliphatic rings. The molecule has 0 spiro atoms. The van der Waals surface area contributed by atoms with Crippen LogP contribution in [0, 0.1) is 32.1 Å². The van der Waals surface area contributed by atoms with Crippen molar-refractivity contribution < 1.29 is 0 Å². The van der Waals surface area contributed by atoms with E-state index in [1.54, 1.807) is 0 Å². The van der Waals surface area contributed by atoms with Crippen molar-refractivity contribution in [3.63, 3.8) is 0 Å². The molecule has 0 saturated heterocycles. The summed E-state index contributed by atoms with van der Waals surface area (Å²) in [5.41, 5.74) is 6.40. The lowest BCUT2D eigenvalue weighted by molar-refractivity contribution is 0.531. The van der Waals surface area contributed by atoms with Gasteiger partial charge in [-0.25, -0.2) is 14.6 Å². The van der Waals surface area contributed by atoms with Crippen LogP contribution in [0.5, 0.6) is 0 Å². The molecule has 20 heavy (non-hydrogen) atoms. The first-order valence-electron chi connectivity index (χ1n) is 7.30. The van der Waals surface area contributed by atoms with Crippen LogP contribution >= 0.6 is 0 Å². The Morgan fingerprint density at radius 1 is 1.15 bits per heavy atom. The van der Waals surface area contributed by atoms with Crippen molar-refractivity contribution >= 4 is 0 Å². The topological polar surface area (TPSA) is 43.6 Å². The van der Waals surface area contributed by atoms with E-state index >= 15 is 0 Å². The molecule has 0 aliphatic heterocycles. The molecular formula is C16H20N4. The Kier molecular flexibility index (Phi) is 2.10. The fourth-order valence-corrected chi connectivity index (χ4v) is 4.06. The third-order valence-electron chi connectivity index (χ3n) is 5.14. The van der Waals surface area contributed by atoms with Crippen LogP contribution in [0.1, 0.15) is 48.1 Å². The molecule has 0 unspecified atom stereocenters. The zero-order valence-electron chi connectivity index (χ0n) is 12.7. The average Bonchev–Trinajstić information content (AvgIpc) is 2.71. The van der Waals surface area contributed by atoms with Crippen molar-refractivity contribution in [2.75, 3.05) is 0 Å². The molecule has 0 bridgehead atoms. The Balaban J connectivity index is 1.87. The number of hydrogen-bond acceptors (Lipinski definition) is 3. The van der Waals surface area contributed by atoms with Crippen LogP contribution in [0.2, 0.25) is 0 Å². The van der Waals surface area contributed by atoms with Gasteiger partial charge < -0.3 is 0 Å².